The minimum atomic E-state index is -0.417. The summed E-state index contributed by atoms with van der Waals surface area (Å²) < 4.78 is 12.5. The van der Waals surface area contributed by atoms with E-state index in [0.29, 0.717) is 0 Å². The Labute approximate surface area is 256 Å². The summed E-state index contributed by atoms with van der Waals surface area (Å²) in [6.45, 7) is 11.2. The van der Waals surface area contributed by atoms with Gasteiger partial charge in [0.2, 0.25) is 6.71 Å². The van der Waals surface area contributed by atoms with Crippen LogP contribution in [0.3, 0.4) is 0 Å². The maximum absolute atomic E-state index is 11.5. The Morgan fingerprint density at radius 2 is 1.49 bits per heavy atom. The van der Waals surface area contributed by atoms with Crippen molar-refractivity contribution in [1.82, 2.24) is 4.98 Å². The summed E-state index contributed by atoms with van der Waals surface area (Å²) in [7, 11) is 0. The number of aliphatic hydroxyl groups is 1. The van der Waals surface area contributed by atoms with Crippen molar-refractivity contribution in [3.63, 3.8) is 0 Å². The number of aliphatic hydroxyl groups excluding tert-OH is 1. The van der Waals surface area contributed by atoms with Crippen LogP contribution in [0.5, 0.6) is 23.0 Å². The molecule has 0 unspecified atom stereocenters. The number of hydrogen-bond donors (Lipinski definition) is 1. The zero-order chi connectivity index (χ0) is 28.7. The average molecular weight is 723 g/mol. The van der Waals surface area contributed by atoms with Gasteiger partial charge in [-0.15, -0.1) is 23.7 Å². The van der Waals surface area contributed by atoms with Crippen molar-refractivity contribution in [2.24, 2.45) is 10.8 Å². The molecule has 1 N–H and O–H groups in total. The molecule has 41 heavy (non-hydrogen) atoms. The molecule has 0 fully saturated rings. The maximum atomic E-state index is 11.5. The topological polar surface area (TPSA) is 68.7 Å². The Morgan fingerprint density at radius 1 is 0.829 bits per heavy atom. The second-order valence-corrected chi connectivity index (χ2v) is 12.1. The molecule has 7 heteroatoms. The fourth-order valence-electron chi connectivity index (χ4n) is 4.60. The number of ketones is 1. The Kier molecular flexibility index (Phi) is 8.63. The van der Waals surface area contributed by atoms with Crippen molar-refractivity contribution >= 4 is 28.9 Å². The quantitative estimate of drug-likeness (QED) is 0.0976. The third-order valence-electron chi connectivity index (χ3n) is 6.96. The van der Waals surface area contributed by atoms with Gasteiger partial charge in [0.1, 0.15) is 23.0 Å². The fraction of sp³-hybridized carbons (Fsp3) is 0.235. The van der Waals surface area contributed by atoms with Crippen LogP contribution in [-0.4, -0.2) is 22.6 Å². The molecule has 1 radical (unpaired) electrons. The largest absolute Gasteiger partial charge is 0.512 e. The van der Waals surface area contributed by atoms with Gasteiger partial charge < -0.3 is 19.6 Å². The monoisotopic (exact) mass is 723 g/mol. The molecule has 2 aliphatic heterocycles. The van der Waals surface area contributed by atoms with Gasteiger partial charge in [-0.1, -0.05) is 83.5 Å². The van der Waals surface area contributed by atoms with E-state index in [-0.39, 0.29) is 43.8 Å². The van der Waals surface area contributed by atoms with Gasteiger partial charge in [-0.25, -0.2) is 0 Å². The molecule has 1 aromatic heterocycles. The Bertz CT molecular complexity index is 1600. The predicted octanol–water partition coefficient (Wildman–Crippen LogP) is 6.36. The molecular formula is C34H33BIrNO4-. The summed E-state index contributed by atoms with van der Waals surface area (Å²) in [5.74, 6) is 3.51. The molecule has 0 amide bonds. The molecule has 211 valence electrons. The number of para-hydroxylation sites is 1. The SMILES string of the molecule is CC(C)(C)C(=O)/C=C(\O)C(C)(C)C.[Ir].[c-]1ccc2c(c1-c1ccccn1)Oc1cccc3c1B2c1ccccc1O3. The number of pyridine rings is 1. The maximum Gasteiger partial charge on any atom is 0.241 e. The van der Waals surface area contributed by atoms with E-state index in [0.717, 1.165) is 50.6 Å². The van der Waals surface area contributed by atoms with E-state index >= 15 is 0 Å². The van der Waals surface area contributed by atoms with E-state index in [1.165, 1.54) is 6.08 Å². The summed E-state index contributed by atoms with van der Waals surface area (Å²) >= 11 is 0. The first-order chi connectivity index (χ1) is 18.9. The number of fused-ring (bicyclic) bond motifs is 4. The smallest absolute Gasteiger partial charge is 0.241 e. The minimum absolute atomic E-state index is 0. The van der Waals surface area contributed by atoms with Gasteiger partial charge in [0.15, 0.2) is 5.78 Å². The van der Waals surface area contributed by atoms with Gasteiger partial charge >= 0.3 is 0 Å². The van der Waals surface area contributed by atoms with Gasteiger partial charge in [0.05, 0.1) is 0 Å². The van der Waals surface area contributed by atoms with Crippen LogP contribution in [0.1, 0.15) is 41.5 Å². The molecule has 0 spiro atoms. The van der Waals surface area contributed by atoms with Crippen LogP contribution in [0.2, 0.25) is 0 Å². The first-order valence-electron chi connectivity index (χ1n) is 13.4. The zero-order valence-electron chi connectivity index (χ0n) is 24.1. The number of carbonyl (C=O) groups is 1. The van der Waals surface area contributed by atoms with Crippen molar-refractivity contribution in [1.29, 1.82) is 0 Å². The summed E-state index contributed by atoms with van der Waals surface area (Å²) in [6, 6.07) is 27.4. The van der Waals surface area contributed by atoms with Crippen molar-refractivity contribution in [3.05, 3.63) is 96.9 Å². The van der Waals surface area contributed by atoms with Crippen LogP contribution < -0.4 is 25.9 Å². The number of hydrogen-bond acceptors (Lipinski definition) is 5. The first kappa shape index (κ1) is 30.3. The molecule has 3 heterocycles. The van der Waals surface area contributed by atoms with E-state index in [1.807, 2.05) is 96.1 Å². The average Bonchev–Trinajstić information content (AvgIpc) is 2.92. The molecule has 0 bridgehead atoms. The van der Waals surface area contributed by atoms with E-state index in [4.69, 9.17) is 9.47 Å². The summed E-state index contributed by atoms with van der Waals surface area (Å²) in [6.07, 6.45) is 3.13. The first-order valence-corrected chi connectivity index (χ1v) is 13.4. The van der Waals surface area contributed by atoms with Crippen LogP contribution in [0.4, 0.5) is 0 Å². The molecule has 0 saturated heterocycles. The van der Waals surface area contributed by atoms with E-state index in [1.54, 1.807) is 6.20 Å². The fourth-order valence-corrected chi connectivity index (χ4v) is 4.60. The van der Waals surface area contributed by atoms with Gasteiger partial charge in [-0.2, -0.15) is 0 Å². The predicted molar refractivity (Wildman–Crippen MR) is 161 cm³/mol. The van der Waals surface area contributed by atoms with Gasteiger partial charge in [-0.3, -0.25) is 4.79 Å². The van der Waals surface area contributed by atoms with Crippen LogP contribution in [0.25, 0.3) is 11.3 Å². The van der Waals surface area contributed by atoms with E-state index < -0.39 is 5.41 Å². The van der Waals surface area contributed by atoms with Gasteiger partial charge in [-0.05, 0) is 35.4 Å². The molecule has 0 atom stereocenters. The molecule has 0 aliphatic carbocycles. The van der Waals surface area contributed by atoms with Crippen LogP contribution in [-0.2, 0) is 24.9 Å². The standard InChI is InChI=1S/C23H13BNO2.C11H20O2.Ir/c1-2-11-19-16(8-1)24-17-9-5-7-15(18-10-3-4-14-25-18)23(17)27-21-13-6-12-20(26-19)22(21)24;1-10(2,3)8(12)7-9(13)11(4,5)6;/h1-6,8-14H;7,12H,1-6H3;/q-1;;/b;8-7-;. The number of carbonyl (C=O) groups excluding carboxylic acids is 1. The third kappa shape index (κ3) is 6.17. The number of benzene rings is 3. The van der Waals surface area contributed by atoms with E-state index in [9.17, 15) is 9.90 Å². The Balaban J connectivity index is 0.000000239. The number of ether oxygens (including phenoxy) is 2. The number of nitrogens with zero attached hydrogens (tertiary/aromatic N) is 1. The molecule has 2 aliphatic rings. The molecule has 4 aromatic rings. The summed E-state index contributed by atoms with van der Waals surface area (Å²) in [4.78, 5) is 16.0. The van der Waals surface area contributed by atoms with Crippen molar-refractivity contribution < 1.29 is 39.5 Å². The van der Waals surface area contributed by atoms with Crippen molar-refractivity contribution in [3.8, 4) is 34.3 Å². The second-order valence-electron chi connectivity index (χ2n) is 12.1. The molecule has 5 nitrogen and oxygen atoms in total. The summed E-state index contributed by atoms with van der Waals surface area (Å²) in [5, 5.41) is 9.56. The third-order valence-corrected chi connectivity index (χ3v) is 6.96. The molecular weight excluding hydrogens is 689 g/mol. The summed E-state index contributed by atoms with van der Waals surface area (Å²) in [5.41, 5.74) is 4.33. The van der Waals surface area contributed by atoms with E-state index in [2.05, 4.69) is 29.2 Å². The molecule has 3 aromatic carbocycles. The van der Waals surface area contributed by atoms with Crippen molar-refractivity contribution in [2.75, 3.05) is 0 Å². The number of allylic oxidation sites excluding steroid dienone is 2. The Hall–Kier alpha value is -3.67. The van der Waals surface area contributed by atoms with Crippen LogP contribution in [0, 0.1) is 16.9 Å². The minimum Gasteiger partial charge on any atom is -0.512 e. The zero-order valence-corrected chi connectivity index (χ0v) is 26.5. The number of aromatic nitrogens is 1. The van der Waals surface area contributed by atoms with Gasteiger partial charge in [0, 0.05) is 54.4 Å². The van der Waals surface area contributed by atoms with Crippen LogP contribution >= 0.6 is 0 Å². The normalized spacial score (nSPS) is 13.1. The van der Waals surface area contributed by atoms with Crippen LogP contribution in [0.15, 0.2) is 90.8 Å². The Morgan fingerprint density at radius 3 is 2.15 bits per heavy atom. The molecule has 0 saturated carbocycles. The van der Waals surface area contributed by atoms with Crippen molar-refractivity contribution in [2.45, 2.75) is 41.5 Å². The van der Waals surface area contributed by atoms with Gasteiger partial charge in [0.25, 0.3) is 0 Å². The second kappa shape index (κ2) is 11.7. The number of rotatable bonds is 2. The molecule has 6 rings (SSSR count).